The molecule has 122 valence electrons. The smallest absolute Gasteiger partial charge is 0.257 e. The number of guanidine groups is 1. The average Bonchev–Trinajstić information content (AvgIpc) is 2.55. The molecule has 7 heteroatoms. The molecule has 0 radical (unpaired) electrons. The summed E-state index contributed by atoms with van der Waals surface area (Å²) >= 11 is 6.71. The topological polar surface area (TPSA) is 70.6 Å². The maximum absolute atomic E-state index is 12.3. The molecule has 2 aromatic rings. The number of hydrogen-bond donors (Lipinski definition) is 2. The zero-order chi connectivity index (χ0) is 17.1. The predicted molar refractivity (Wildman–Crippen MR) is 98.7 cm³/mol. The molecular formula is C17H13Br2N3O2. The Hall–Kier alpha value is -1.99. The fourth-order valence-electron chi connectivity index (χ4n) is 2.31. The van der Waals surface area contributed by atoms with E-state index in [1.807, 2.05) is 24.3 Å². The van der Waals surface area contributed by atoms with Crippen molar-refractivity contribution in [2.75, 3.05) is 0 Å². The number of carbonyl (C=O) groups is 2. The van der Waals surface area contributed by atoms with E-state index in [1.165, 1.54) is 0 Å². The van der Waals surface area contributed by atoms with Gasteiger partial charge in [0.2, 0.25) is 11.9 Å². The zero-order valence-corrected chi connectivity index (χ0v) is 15.6. The van der Waals surface area contributed by atoms with Crippen molar-refractivity contribution in [3.05, 3.63) is 68.6 Å². The van der Waals surface area contributed by atoms with E-state index >= 15 is 0 Å². The molecule has 24 heavy (non-hydrogen) atoms. The molecule has 2 amide bonds. The highest BCUT2D eigenvalue weighted by molar-refractivity contribution is 9.10. The van der Waals surface area contributed by atoms with E-state index in [0.717, 1.165) is 14.5 Å². The van der Waals surface area contributed by atoms with Crippen molar-refractivity contribution in [3.63, 3.8) is 0 Å². The first-order valence-electron chi connectivity index (χ1n) is 7.21. The lowest BCUT2D eigenvalue weighted by Crippen LogP contribution is -2.47. The number of nitrogens with one attached hydrogen (secondary N) is 2. The Kier molecular flexibility index (Phi) is 5.11. The highest BCUT2D eigenvalue weighted by Gasteiger charge is 2.23. The number of carbonyl (C=O) groups excluding carboxylic acids is 2. The largest absolute Gasteiger partial charge is 0.296 e. The molecule has 0 saturated heterocycles. The molecule has 0 bridgehead atoms. The van der Waals surface area contributed by atoms with Crippen LogP contribution in [0.1, 0.15) is 28.4 Å². The molecule has 0 aromatic heterocycles. The van der Waals surface area contributed by atoms with Gasteiger partial charge in [-0.25, -0.2) is 4.99 Å². The van der Waals surface area contributed by atoms with Gasteiger partial charge in [-0.05, 0) is 42.0 Å². The fraction of sp³-hybridized carbons (Fsp3) is 0.118. The number of rotatable bonds is 2. The molecule has 1 aliphatic heterocycles. The molecule has 2 aromatic carbocycles. The van der Waals surface area contributed by atoms with Gasteiger partial charge in [-0.2, -0.15) is 0 Å². The quantitative estimate of drug-likeness (QED) is 0.734. The third-order valence-electron chi connectivity index (χ3n) is 3.51. The second-order valence-electron chi connectivity index (χ2n) is 5.26. The van der Waals surface area contributed by atoms with Gasteiger partial charge in [0.05, 0.1) is 12.5 Å². The highest BCUT2D eigenvalue weighted by atomic mass is 79.9. The minimum atomic E-state index is -0.321. The van der Waals surface area contributed by atoms with Crippen LogP contribution >= 0.6 is 31.9 Å². The number of hydrogen-bond acceptors (Lipinski definition) is 3. The minimum Gasteiger partial charge on any atom is -0.296 e. The summed E-state index contributed by atoms with van der Waals surface area (Å²) in [6, 6.07) is 14.2. The standard InChI is InChI=1S/C17H13Br2N3O2/c18-12-5-1-10(2-6-12)14-9-15(23)21-17(20-14)22-16(24)11-3-7-13(19)8-4-11/h1-8,14H,9H2,(H2,20,21,22,23,24)/t14-/m1/s1. The summed E-state index contributed by atoms with van der Waals surface area (Å²) < 4.78 is 1.84. The molecule has 0 unspecified atom stereocenters. The lowest BCUT2D eigenvalue weighted by atomic mass is 10.0. The van der Waals surface area contributed by atoms with Gasteiger partial charge in [-0.1, -0.05) is 44.0 Å². The van der Waals surface area contributed by atoms with Crippen LogP contribution in [0.25, 0.3) is 0 Å². The van der Waals surface area contributed by atoms with Crippen LogP contribution in [0.15, 0.2) is 62.5 Å². The van der Waals surface area contributed by atoms with Gasteiger partial charge < -0.3 is 0 Å². The molecule has 0 saturated carbocycles. The van der Waals surface area contributed by atoms with Gasteiger partial charge in [-0.3, -0.25) is 20.2 Å². The Morgan fingerprint density at radius 2 is 1.62 bits per heavy atom. The van der Waals surface area contributed by atoms with Crippen LogP contribution in [0.4, 0.5) is 0 Å². The third-order valence-corrected chi connectivity index (χ3v) is 4.57. The van der Waals surface area contributed by atoms with Crippen LogP contribution < -0.4 is 10.6 Å². The molecular weight excluding hydrogens is 438 g/mol. The SMILES string of the molecule is O=C1C[C@H](c2ccc(Br)cc2)N=C(NC(=O)c2ccc(Br)cc2)N1. The molecule has 2 N–H and O–H groups in total. The molecule has 0 spiro atoms. The maximum atomic E-state index is 12.3. The second-order valence-corrected chi connectivity index (χ2v) is 7.09. The number of nitrogens with zero attached hydrogens (tertiary/aromatic N) is 1. The molecule has 5 nitrogen and oxygen atoms in total. The van der Waals surface area contributed by atoms with Gasteiger partial charge in [0.1, 0.15) is 0 Å². The second kappa shape index (κ2) is 7.27. The third kappa shape index (κ3) is 4.10. The van der Waals surface area contributed by atoms with Crippen molar-refractivity contribution < 1.29 is 9.59 Å². The monoisotopic (exact) mass is 449 g/mol. The van der Waals surface area contributed by atoms with Gasteiger partial charge in [-0.15, -0.1) is 0 Å². The van der Waals surface area contributed by atoms with Crippen LogP contribution in [0, 0.1) is 0 Å². The van der Waals surface area contributed by atoms with Gasteiger partial charge in [0.25, 0.3) is 5.91 Å². The zero-order valence-electron chi connectivity index (χ0n) is 12.4. The maximum Gasteiger partial charge on any atom is 0.257 e. The van der Waals surface area contributed by atoms with Crippen molar-refractivity contribution in [1.82, 2.24) is 10.6 Å². The van der Waals surface area contributed by atoms with Crippen molar-refractivity contribution in [2.24, 2.45) is 4.99 Å². The summed E-state index contributed by atoms with van der Waals surface area (Å²) in [4.78, 5) is 28.6. The highest BCUT2D eigenvalue weighted by Crippen LogP contribution is 2.25. The van der Waals surface area contributed by atoms with Crippen molar-refractivity contribution >= 4 is 49.6 Å². The lowest BCUT2D eigenvalue weighted by Gasteiger charge is -2.21. The summed E-state index contributed by atoms with van der Waals surface area (Å²) in [5, 5.41) is 5.25. The van der Waals surface area contributed by atoms with Crippen molar-refractivity contribution in [3.8, 4) is 0 Å². The Morgan fingerprint density at radius 1 is 1.04 bits per heavy atom. The number of amides is 2. The number of halogens is 2. The first-order chi connectivity index (χ1) is 11.5. The summed E-state index contributed by atoms with van der Waals surface area (Å²) in [6.07, 6.45) is 0.249. The lowest BCUT2D eigenvalue weighted by molar-refractivity contribution is -0.120. The molecule has 0 fully saturated rings. The Bertz CT molecular complexity index is 802. The van der Waals surface area contributed by atoms with Crippen molar-refractivity contribution in [1.29, 1.82) is 0 Å². The molecule has 1 heterocycles. The Balaban J connectivity index is 1.78. The van der Waals surface area contributed by atoms with E-state index < -0.39 is 0 Å². The van der Waals surface area contributed by atoms with Crippen LogP contribution in [0.2, 0.25) is 0 Å². The minimum absolute atomic E-state index is 0.173. The molecule has 1 aliphatic rings. The first kappa shape index (κ1) is 16.9. The van der Waals surface area contributed by atoms with Gasteiger partial charge in [0, 0.05) is 14.5 Å². The number of aliphatic imine (C=N–C) groups is 1. The number of benzene rings is 2. The van der Waals surface area contributed by atoms with E-state index in [4.69, 9.17) is 0 Å². The van der Waals surface area contributed by atoms with Crippen LogP contribution in [-0.2, 0) is 4.79 Å². The summed E-state index contributed by atoms with van der Waals surface area (Å²) in [7, 11) is 0. The molecule has 3 rings (SSSR count). The Morgan fingerprint density at radius 3 is 2.25 bits per heavy atom. The van der Waals surface area contributed by atoms with E-state index in [2.05, 4.69) is 47.5 Å². The summed E-state index contributed by atoms with van der Waals surface area (Å²) in [6.45, 7) is 0. The van der Waals surface area contributed by atoms with E-state index in [1.54, 1.807) is 24.3 Å². The van der Waals surface area contributed by atoms with E-state index in [-0.39, 0.29) is 30.2 Å². The molecule has 0 aliphatic carbocycles. The predicted octanol–water partition coefficient (Wildman–Crippen LogP) is 3.56. The molecule has 1 atom stereocenters. The van der Waals surface area contributed by atoms with Gasteiger partial charge in [0.15, 0.2) is 0 Å². The Labute approximate surface area is 155 Å². The van der Waals surface area contributed by atoms with E-state index in [9.17, 15) is 9.59 Å². The van der Waals surface area contributed by atoms with Crippen molar-refractivity contribution in [2.45, 2.75) is 12.5 Å². The normalized spacial score (nSPS) is 17.0. The fourth-order valence-corrected chi connectivity index (χ4v) is 2.84. The van der Waals surface area contributed by atoms with Crippen LogP contribution in [0.3, 0.4) is 0 Å². The van der Waals surface area contributed by atoms with Crippen LogP contribution in [-0.4, -0.2) is 17.8 Å². The average molecular weight is 451 g/mol. The van der Waals surface area contributed by atoms with Crippen LogP contribution in [0.5, 0.6) is 0 Å². The summed E-state index contributed by atoms with van der Waals surface area (Å²) in [5.74, 6) is -0.325. The summed E-state index contributed by atoms with van der Waals surface area (Å²) in [5.41, 5.74) is 1.41. The van der Waals surface area contributed by atoms with E-state index in [0.29, 0.717) is 5.56 Å². The first-order valence-corrected chi connectivity index (χ1v) is 8.80. The van der Waals surface area contributed by atoms with Gasteiger partial charge >= 0.3 is 0 Å².